The molecule has 174 valence electrons. The number of fused-ring (bicyclic) bond motifs is 1. The fourth-order valence-electron chi connectivity index (χ4n) is 4.10. The fraction of sp³-hybridized carbons (Fsp3) is 0.391. The molecule has 1 saturated heterocycles. The van der Waals surface area contributed by atoms with Gasteiger partial charge in [-0.2, -0.15) is 0 Å². The van der Waals surface area contributed by atoms with E-state index in [1.165, 1.54) is 18.3 Å². The van der Waals surface area contributed by atoms with Crippen molar-refractivity contribution in [1.29, 1.82) is 0 Å². The van der Waals surface area contributed by atoms with E-state index in [1.54, 1.807) is 18.7 Å². The zero-order chi connectivity index (χ0) is 23.9. The van der Waals surface area contributed by atoms with Crippen LogP contribution in [-0.4, -0.2) is 51.1 Å². The van der Waals surface area contributed by atoms with Crippen LogP contribution in [0.15, 0.2) is 29.2 Å². The number of morpholine rings is 1. The number of aromatic amines is 1. The molecule has 0 aliphatic carbocycles. The highest BCUT2D eigenvalue weighted by Crippen LogP contribution is 2.25. The molecule has 2 aromatic heterocycles. The maximum absolute atomic E-state index is 14.8. The first kappa shape index (κ1) is 22.8. The predicted molar refractivity (Wildman–Crippen MR) is 119 cm³/mol. The lowest BCUT2D eigenvalue weighted by Gasteiger charge is -2.35. The average molecular weight is 457 g/mol. The van der Waals surface area contributed by atoms with Crippen molar-refractivity contribution < 1.29 is 18.3 Å². The number of nitrogens with one attached hydrogen (secondary N) is 2. The number of carbonyl (C=O) groups excluding carboxylic acids is 1. The van der Waals surface area contributed by atoms with Gasteiger partial charge in [0.15, 0.2) is 11.6 Å². The molecule has 0 radical (unpaired) electrons. The van der Waals surface area contributed by atoms with E-state index in [1.807, 2.05) is 13.8 Å². The highest BCUT2D eigenvalue weighted by atomic mass is 19.1. The number of halogens is 2. The van der Waals surface area contributed by atoms with Crippen molar-refractivity contribution >= 4 is 22.6 Å². The minimum Gasteiger partial charge on any atom is -0.372 e. The van der Waals surface area contributed by atoms with Gasteiger partial charge < -0.3 is 19.9 Å². The van der Waals surface area contributed by atoms with E-state index < -0.39 is 17.7 Å². The standard InChI is InChI=1S/C23H25F2N5O3/c1-11-9-30(10-12(2)33-11)23(32)15-5-19(25)21(26-8-15)27-13(3)16-6-17-20(7-18(16)24)28-14(4)29-22(17)31/h5-8,11-13H,9-10H2,1-4H3,(H,26,27)(H,28,29,31)/t11-,12+,13-/m0/s1. The number of H-pyrrole nitrogens is 1. The number of benzene rings is 1. The molecule has 1 aromatic carbocycles. The number of hydrogen-bond donors (Lipinski definition) is 2. The van der Waals surface area contributed by atoms with E-state index in [0.29, 0.717) is 18.9 Å². The van der Waals surface area contributed by atoms with Crippen LogP contribution in [0.25, 0.3) is 10.9 Å². The molecule has 1 amide bonds. The molecule has 33 heavy (non-hydrogen) atoms. The van der Waals surface area contributed by atoms with Gasteiger partial charge in [0.25, 0.3) is 11.5 Å². The fourth-order valence-corrected chi connectivity index (χ4v) is 4.10. The lowest BCUT2D eigenvalue weighted by Crippen LogP contribution is -2.48. The third kappa shape index (κ3) is 4.70. The van der Waals surface area contributed by atoms with Gasteiger partial charge >= 0.3 is 0 Å². The van der Waals surface area contributed by atoms with Crippen molar-refractivity contribution in [2.24, 2.45) is 0 Å². The zero-order valence-corrected chi connectivity index (χ0v) is 18.8. The summed E-state index contributed by atoms with van der Waals surface area (Å²) < 4.78 is 35.1. The molecule has 3 heterocycles. The second kappa shape index (κ2) is 8.86. The summed E-state index contributed by atoms with van der Waals surface area (Å²) in [5, 5.41) is 3.05. The van der Waals surface area contributed by atoms with E-state index in [4.69, 9.17) is 4.74 Å². The first-order chi connectivity index (χ1) is 15.6. The van der Waals surface area contributed by atoms with Crippen LogP contribution in [-0.2, 0) is 4.74 Å². The Bertz CT molecular complexity index is 1270. The highest BCUT2D eigenvalue weighted by Gasteiger charge is 2.27. The van der Waals surface area contributed by atoms with Gasteiger partial charge in [0.2, 0.25) is 0 Å². The predicted octanol–water partition coefficient (Wildman–Crippen LogP) is 3.33. The summed E-state index contributed by atoms with van der Waals surface area (Å²) in [6.45, 7) is 7.81. The van der Waals surface area contributed by atoms with Crippen LogP contribution < -0.4 is 10.9 Å². The van der Waals surface area contributed by atoms with E-state index in [9.17, 15) is 18.4 Å². The Morgan fingerprint density at radius 1 is 1.21 bits per heavy atom. The molecule has 4 rings (SSSR count). The van der Waals surface area contributed by atoms with Crippen molar-refractivity contribution in [1.82, 2.24) is 19.9 Å². The molecule has 3 atom stereocenters. The van der Waals surface area contributed by atoms with Crippen LogP contribution in [0.1, 0.15) is 48.6 Å². The SMILES string of the molecule is Cc1nc2cc(F)c([C@H](C)Nc3ncc(C(=O)N4C[C@@H](C)O[C@@H](C)C4)cc3F)cc2c(=O)[nH]1. The minimum atomic E-state index is -0.738. The number of rotatable bonds is 4. The number of nitrogens with zero attached hydrogens (tertiary/aromatic N) is 3. The molecule has 0 bridgehead atoms. The Morgan fingerprint density at radius 2 is 1.91 bits per heavy atom. The molecule has 0 saturated carbocycles. The molecule has 8 nitrogen and oxygen atoms in total. The molecule has 0 spiro atoms. The molecule has 1 aliphatic rings. The number of ether oxygens (including phenoxy) is 1. The van der Waals surface area contributed by atoms with E-state index >= 15 is 0 Å². The monoisotopic (exact) mass is 457 g/mol. The van der Waals surface area contributed by atoms with Crippen molar-refractivity contribution in [3.8, 4) is 0 Å². The Labute approximate surface area is 189 Å². The van der Waals surface area contributed by atoms with Gasteiger partial charge in [-0.3, -0.25) is 9.59 Å². The van der Waals surface area contributed by atoms with Crippen molar-refractivity contribution in [2.75, 3.05) is 18.4 Å². The molecular weight excluding hydrogens is 432 g/mol. The van der Waals surface area contributed by atoms with Crippen LogP contribution in [0.4, 0.5) is 14.6 Å². The van der Waals surface area contributed by atoms with Crippen molar-refractivity contribution in [3.05, 3.63) is 63.3 Å². The summed E-state index contributed by atoms with van der Waals surface area (Å²) in [5.74, 6) is -1.39. The third-order valence-corrected chi connectivity index (χ3v) is 5.56. The number of hydrogen-bond acceptors (Lipinski definition) is 6. The summed E-state index contributed by atoms with van der Waals surface area (Å²) in [6.07, 6.45) is 1.07. The lowest BCUT2D eigenvalue weighted by atomic mass is 10.0. The van der Waals surface area contributed by atoms with Gasteiger partial charge in [0, 0.05) is 30.9 Å². The summed E-state index contributed by atoms with van der Waals surface area (Å²) in [6, 6.07) is 2.98. The summed E-state index contributed by atoms with van der Waals surface area (Å²) in [5.41, 5.74) is 0.140. The summed E-state index contributed by atoms with van der Waals surface area (Å²) in [7, 11) is 0. The molecular formula is C23H25F2N5O3. The molecule has 3 aromatic rings. The first-order valence-electron chi connectivity index (χ1n) is 10.7. The number of anilines is 1. The van der Waals surface area contributed by atoms with Crippen LogP contribution in [0.3, 0.4) is 0 Å². The summed E-state index contributed by atoms with van der Waals surface area (Å²) >= 11 is 0. The molecule has 0 unspecified atom stereocenters. The second-order valence-corrected chi connectivity index (χ2v) is 8.43. The number of pyridine rings is 1. The van der Waals surface area contributed by atoms with Crippen molar-refractivity contribution in [2.45, 2.75) is 45.9 Å². The normalized spacial score (nSPS) is 19.5. The molecule has 1 aliphatic heterocycles. The van der Waals surface area contributed by atoms with Gasteiger partial charge in [0.1, 0.15) is 11.6 Å². The molecule has 2 N–H and O–H groups in total. The minimum absolute atomic E-state index is 0.111. The largest absolute Gasteiger partial charge is 0.372 e. The molecule has 1 fully saturated rings. The highest BCUT2D eigenvalue weighted by molar-refractivity contribution is 5.94. The van der Waals surface area contributed by atoms with Gasteiger partial charge in [-0.25, -0.2) is 18.7 Å². The maximum Gasteiger partial charge on any atom is 0.258 e. The Balaban J connectivity index is 1.55. The quantitative estimate of drug-likeness (QED) is 0.624. The number of carbonyl (C=O) groups is 1. The first-order valence-corrected chi connectivity index (χ1v) is 10.7. The van der Waals surface area contributed by atoms with Gasteiger partial charge in [0.05, 0.1) is 34.7 Å². The van der Waals surface area contributed by atoms with Gasteiger partial charge in [-0.1, -0.05) is 0 Å². The maximum atomic E-state index is 14.8. The Morgan fingerprint density at radius 3 is 2.58 bits per heavy atom. The zero-order valence-electron chi connectivity index (χ0n) is 18.8. The van der Waals surface area contributed by atoms with Gasteiger partial charge in [-0.15, -0.1) is 0 Å². The third-order valence-electron chi connectivity index (χ3n) is 5.56. The topological polar surface area (TPSA) is 100 Å². The van der Waals surface area contributed by atoms with Crippen LogP contribution >= 0.6 is 0 Å². The van der Waals surface area contributed by atoms with Crippen LogP contribution in [0.5, 0.6) is 0 Å². The van der Waals surface area contributed by atoms with E-state index in [-0.39, 0.29) is 51.5 Å². The van der Waals surface area contributed by atoms with Crippen LogP contribution in [0.2, 0.25) is 0 Å². The van der Waals surface area contributed by atoms with Crippen LogP contribution in [0, 0.1) is 18.6 Å². The van der Waals surface area contributed by atoms with Gasteiger partial charge in [-0.05, 0) is 39.8 Å². The summed E-state index contributed by atoms with van der Waals surface area (Å²) in [4.78, 5) is 37.4. The van der Waals surface area contributed by atoms with Crippen molar-refractivity contribution in [3.63, 3.8) is 0 Å². The van der Waals surface area contributed by atoms with E-state index in [2.05, 4.69) is 20.3 Å². The Kier molecular flexibility index (Phi) is 6.11. The number of aromatic nitrogens is 3. The smallest absolute Gasteiger partial charge is 0.258 e. The molecule has 10 heteroatoms. The Hall–Kier alpha value is -3.40. The number of aryl methyl sites for hydroxylation is 1. The van der Waals surface area contributed by atoms with E-state index in [0.717, 1.165) is 6.07 Å². The number of amides is 1. The second-order valence-electron chi connectivity index (χ2n) is 8.43. The lowest BCUT2D eigenvalue weighted by molar-refractivity contribution is -0.0586. The average Bonchev–Trinajstić information content (AvgIpc) is 2.73.